The van der Waals surface area contributed by atoms with Crippen LogP contribution in [0.3, 0.4) is 0 Å². The molecule has 1 unspecified atom stereocenters. The molecular weight excluding hydrogens is 304 g/mol. The van der Waals surface area contributed by atoms with Crippen LogP contribution in [0.4, 0.5) is 8.78 Å². The van der Waals surface area contributed by atoms with Gasteiger partial charge < -0.3 is 10.5 Å². The summed E-state index contributed by atoms with van der Waals surface area (Å²) >= 11 is 3.08. The Hall–Kier alpha value is -0.520. The SMILES string of the molecule is NCC1(Cc2c(F)ccc(Br)c2F)CCCOC1. The lowest BCUT2D eigenvalue weighted by Gasteiger charge is -2.36. The number of benzene rings is 1. The molecule has 5 heteroatoms. The molecule has 1 fully saturated rings. The number of nitrogens with two attached hydrogens (primary N) is 1. The zero-order chi connectivity index (χ0) is 13.2. The van der Waals surface area contributed by atoms with Crippen molar-refractivity contribution < 1.29 is 13.5 Å². The van der Waals surface area contributed by atoms with Crippen molar-refractivity contribution in [1.82, 2.24) is 0 Å². The monoisotopic (exact) mass is 319 g/mol. The van der Waals surface area contributed by atoms with Crippen molar-refractivity contribution in [3.63, 3.8) is 0 Å². The van der Waals surface area contributed by atoms with Gasteiger partial charge in [-0.1, -0.05) is 0 Å². The maximum absolute atomic E-state index is 14.0. The van der Waals surface area contributed by atoms with Crippen molar-refractivity contribution in [3.8, 4) is 0 Å². The third-order valence-corrected chi connectivity index (χ3v) is 4.14. The van der Waals surface area contributed by atoms with Crippen LogP contribution in [-0.2, 0) is 11.2 Å². The van der Waals surface area contributed by atoms with Crippen LogP contribution in [0.2, 0.25) is 0 Å². The number of hydrogen-bond acceptors (Lipinski definition) is 2. The van der Waals surface area contributed by atoms with Crippen molar-refractivity contribution in [2.45, 2.75) is 19.3 Å². The van der Waals surface area contributed by atoms with E-state index in [0.29, 0.717) is 19.8 Å². The van der Waals surface area contributed by atoms with Gasteiger partial charge in [0.15, 0.2) is 0 Å². The van der Waals surface area contributed by atoms with E-state index in [2.05, 4.69) is 15.9 Å². The lowest BCUT2D eigenvalue weighted by molar-refractivity contribution is -0.00344. The fraction of sp³-hybridized carbons (Fsp3) is 0.538. The van der Waals surface area contributed by atoms with E-state index < -0.39 is 11.6 Å². The predicted molar refractivity (Wildman–Crippen MR) is 69.3 cm³/mol. The van der Waals surface area contributed by atoms with Gasteiger partial charge in [0.05, 0.1) is 11.1 Å². The summed E-state index contributed by atoms with van der Waals surface area (Å²) in [5, 5.41) is 0. The van der Waals surface area contributed by atoms with Crippen LogP contribution in [0.15, 0.2) is 16.6 Å². The van der Waals surface area contributed by atoms with E-state index in [1.165, 1.54) is 12.1 Å². The first kappa shape index (κ1) is 13.9. The molecule has 0 aromatic heterocycles. The van der Waals surface area contributed by atoms with Crippen LogP contribution >= 0.6 is 15.9 Å². The van der Waals surface area contributed by atoms with E-state index >= 15 is 0 Å². The first-order valence-electron chi connectivity index (χ1n) is 5.98. The predicted octanol–water partition coefficient (Wildman–Crippen LogP) is 3.03. The van der Waals surface area contributed by atoms with Crippen LogP contribution < -0.4 is 5.73 Å². The smallest absolute Gasteiger partial charge is 0.143 e. The second-order valence-electron chi connectivity index (χ2n) is 4.86. The summed E-state index contributed by atoms with van der Waals surface area (Å²) in [6.07, 6.45) is 2.00. The summed E-state index contributed by atoms with van der Waals surface area (Å²) < 4.78 is 33.4. The Morgan fingerprint density at radius 1 is 1.39 bits per heavy atom. The summed E-state index contributed by atoms with van der Waals surface area (Å²) in [4.78, 5) is 0. The van der Waals surface area contributed by atoms with Crippen LogP contribution in [0, 0.1) is 17.0 Å². The second kappa shape index (κ2) is 5.63. The molecule has 2 rings (SSSR count). The number of halogens is 3. The maximum atomic E-state index is 14.0. The van der Waals surface area contributed by atoms with E-state index in [-0.39, 0.29) is 21.9 Å². The Morgan fingerprint density at radius 3 is 2.78 bits per heavy atom. The molecule has 0 spiro atoms. The third-order valence-electron chi connectivity index (χ3n) is 3.53. The van der Waals surface area contributed by atoms with E-state index in [1.54, 1.807) is 0 Å². The molecule has 1 saturated heterocycles. The molecule has 1 heterocycles. The van der Waals surface area contributed by atoms with E-state index in [9.17, 15) is 8.78 Å². The zero-order valence-corrected chi connectivity index (χ0v) is 11.6. The maximum Gasteiger partial charge on any atom is 0.143 e. The van der Waals surface area contributed by atoms with Gasteiger partial charge in [-0.3, -0.25) is 0 Å². The van der Waals surface area contributed by atoms with Crippen molar-refractivity contribution in [2.75, 3.05) is 19.8 Å². The lowest BCUT2D eigenvalue weighted by Crippen LogP contribution is -2.41. The Kier molecular flexibility index (Phi) is 4.35. The molecule has 0 amide bonds. The molecule has 2 nitrogen and oxygen atoms in total. The minimum Gasteiger partial charge on any atom is -0.381 e. The average Bonchev–Trinajstić information content (AvgIpc) is 2.40. The van der Waals surface area contributed by atoms with Crippen molar-refractivity contribution in [1.29, 1.82) is 0 Å². The highest BCUT2D eigenvalue weighted by Crippen LogP contribution is 2.34. The second-order valence-corrected chi connectivity index (χ2v) is 5.71. The van der Waals surface area contributed by atoms with Crippen molar-refractivity contribution in [3.05, 3.63) is 33.8 Å². The van der Waals surface area contributed by atoms with Gasteiger partial charge in [0, 0.05) is 24.1 Å². The number of rotatable bonds is 3. The number of ether oxygens (including phenoxy) is 1. The van der Waals surface area contributed by atoms with Gasteiger partial charge in [0.2, 0.25) is 0 Å². The van der Waals surface area contributed by atoms with Crippen LogP contribution in [-0.4, -0.2) is 19.8 Å². The summed E-state index contributed by atoms with van der Waals surface area (Å²) in [7, 11) is 0. The van der Waals surface area contributed by atoms with Crippen LogP contribution in [0.1, 0.15) is 18.4 Å². The van der Waals surface area contributed by atoms with Gasteiger partial charge in [0.25, 0.3) is 0 Å². The molecule has 0 radical (unpaired) electrons. The van der Waals surface area contributed by atoms with Gasteiger partial charge in [0.1, 0.15) is 11.6 Å². The highest BCUT2D eigenvalue weighted by atomic mass is 79.9. The molecule has 0 aliphatic carbocycles. The van der Waals surface area contributed by atoms with Crippen LogP contribution in [0.25, 0.3) is 0 Å². The van der Waals surface area contributed by atoms with E-state index in [0.717, 1.165) is 12.8 Å². The van der Waals surface area contributed by atoms with E-state index in [1.807, 2.05) is 0 Å². The van der Waals surface area contributed by atoms with Gasteiger partial charge in [-0.25, -0.2) is 8.78 Å². The fourth-order valence-electron chi connectivity index (χ4n) is 2.39. The minimum atomic E-state index is -0.534. The molecular formula is C13H16BrF2NO. The molecule has 1 atom stereocenters. The Labute approximate surface area is 114 Å². The first-order chi connectivity index (χ1) is 8.58. The zero-order valence-electron chi connectivity index (χ0n) is 10.0. The van der Waals surface area contributed by atoms with Gasteiger partial charge in [-0.2, -0.15) is 0 Å². The Morgan fingerprint density at radius 2 is 2.17 bits per heavy atom. The van der Waals surface area contributed by atoms with Crippen molar-refractivity contribution >= 4 is 15.9 Å². The minimum absolute atomic E-state index is 0.0975. The Bertz CT molecular complexity index is 433. The molecule has 2 N–H and O–H groups in total. The summed E-state index contributed by atoms with van der Waals surface area (Å²) in [6, 6.07) is 2.65. The first-order valence-corrected chi connectivity index (χ1v) is 6.77. The fourth-order valence-corrected chi connectivity index (χ4v) is 2.76. The van der Waals surface area contributed by atoms with E-state index in [4.69, 9.17) is 10.5 Å². The molecule has 1 aromatic carbocycles. The summed E-state index contributed by atoms with van der Waals surface area (Å²) in [5.41, 5.74) is 5.54. The van der Waals surface area contributed by atoms with Gasteiger partial charge in [-0.05, 0) is 47.3 Å². The highest BCUT2D eigenvalue weighted by Gasteiger charge is 2.34. The molecule has 0 bridgehead atoms. The summed E-state index contributed by atoms with van der Waals surface area (Å²) in [6.45, 7) is 1.54. The number of hydrogen-bond donors (Lipinski definition) is 1. The average molecular weight is 320 g/mol. The molecule has 1 aromatic rings. The molecule has 18 heavy (non-hydrogen) atoms. The third kappa shape index (κ3) is 2.73. The topological polar surface area (TPSA) is 35.2 Å². The normalized spacial score (nSPS) is 24.2. The van der Waals surface area contributed by atoms with Gasteiger partial charge in [-0.15, -0.1) is 0 Å². The highest BCUT2D eigenvalue weighted by molar-refractivity contribution is 9.10. The molecule has 1 aliphatic rings. The lowest BCUT2D eigenvalue weighted by atomic mass is 9.77. The quantitative estimate of drug-likeness (QED) is 0.869. The molecule has 100 valence electrons. The largest absolute Gasteiger partial charge is 0.381 e. The Balaban J connectivity index is 2.29. The van der Waals surface area contributed by atoms with Crippen molar-refractivity contribution in [2.24, 2.45) is 11.1 Å². The van der Waals surface area contributed by atoms with Gasteiger partial charge >= 0.3 is 0 Å². The summed E-state index contributed by atoms with van der Waals surface area (Å²) in [5.74, 6) is -1.05. The van der Waals surface area contributed by atoms with Crippen LogP contribution in [0.5, 0.6) is 0 Å². The molecule has 1 aliphatic heterocycles. The standard InChI is InChI=1S/C13H16BrF2NO/c14-10-2-3-11(15)9(12(10)16)6-13(7-17)4-1-5-18-8-13/h2-3H,1,4-8,17H2. The molecule has 0 saturated carbocycles.